The van der Waals surface area contributed by atoms with E-state index >= 15 is 0 Å². The quantitative estimate of drug-likeness (QED) is 0.599. The van der Waals surface area contributed by atoms with E-state index in [9.17, 15) is 0 Å². The van der Waals surface area contributed by atoms with Crippen LogP contribution in [0.5, 0.6) is 0 Å². The highest BCUT2D eigenvalue weighted by Gasteiger charge is 2.04. The van der Waals surface area contributed by atoms with Crippen LogP contribution in [0, 0.1) is 6.92 Å². The maximum atomic E-state index is 4.30. The Morgan fingerprint density at radius 1 is 1.05 bits per heavy atom. The number of imidazole rings is 1. The molecule has 3 rings (SSSR count). The summed E-state index contributed by atoms with van der Waals surface area (Å²) in [5.41, 5.74) is 2.68. The largest absolute Gasteiger partial charge is 0.370 e. The summed E-state index contributed by atoms with van der Waals surface area (Å²) >= 11 is 0. The Kier molecular flexibility index (Phi) is 3.90. The zero-order valence-corrected chi connectivity index (χ0v) is 11.8. The first-order chi connectivity index (χ1) is 10.3. The Bertz CT molecular complexity index is 705. The number of fused-ring (bicyclic) bond motifs is 1. The van der Waals surface area contributed by atoms with Crippen LogP contribution in [0.4, 0.5) is 11.6 Å². The van der Waals surface area contributed by atoms with Crippen molar-refractivity contribution in [3.05, 3.63) is 36.5 Å². The summed E-state index contributed by atoms with van der Waals surface area (Å²) in [6.45, 7) is 3.68. The lowest BCUT2D eigenvalue weighted by Crippen LogP contribution is -2.11. The minimum absolute atomic E-state index is 0.675. The first-order valence-corrected chi connectivity index (χ1v) is 6.87. The number of hydrogen-bond acceptors (Lipinski definition) is 6. The smallest absolute Gasteiger partial charge is 0.182 e. The third-order valence-corrected chi connectivity index (χ3v) is 3.09. The van der Waals surface area contributed by atoms with Crippen LogP contribution in [0.3, 0.4) is 0 Å². The molecule has 7 nitrogen and oxygen atoms in total. The van der Waals surface area contributed by atoms with Crippen LogP contribution in [-0.4, -0.2) is 38.0 Å². The number of nitrogens with zero attached hydrogens (tertiary/aromatic N) is 4. The van der Waals surface area contributed by atoms with Crippen molar-refractivity contribution in [1.82, 2.24) is 24.9 Å². The van der Waals surface area contributed by atoms with Gasteiger partial charge in [-0.15, -0.1) is 0 Å². The predicted octanol–water partition coefficient (Wildman–Crippen LogP) is 1.97. The lowest BCUT2D eigenvalue weighted by Gasteiger charge is -2.07. The van der Waals surface area contributed by atoms with Gasteiger partial charge in [-0.3, -0.25) is 0 Å². The highest BCUT2D eigenvalue weighted by atomic mass is 15.1. The Hall–Kier alpha value is -2.70. The second-order valence-corrected chi connectivity index (χ2v) is 4.75. The molecule has 0 aliphatic carbocycles. The van der Waals surface area contributed by atoms with Crippen molar-refractivity contribution < 1.29 is 0 Å². The van der Waals surface area contributed by atoms with Gasteiger partial charge in [-0.1, -0.05) is 6.07 Å². The molecule has 3 heterocycles. The third kappa shape index (κ3) is 3.25. The van der Waals surface area contributed by atoms with E-state index in [0.717, 1.165) is 42.2 Å². The fraction of sp³-hybridized carbons (Fsp3) is 0.286. The molecule has 0 atom stereocenters. The van der Waals surface area contributed by atoms with E-state index in [0.29, 0.717) is 5.65 Å². The molecule has 0 spiro atoms. The molecule has 3 N–H and O–H groups in total. The molecule has 0 saturated heterocycles. The molecule has 0 bridgehead atoms. The fourth-order valence-electron chi connectivity index (χ4n) is 1.98. The standard InChI is InChI=1S/C14H17N7/c1-10-3-4-11(17-7-10)15-5-2-6-16-13-12-14(19-8-18-12)21-9-20-13/h3-4,7-9H,2,5-6H2,1H3,(H,15,17)(H2,16,18,19,20,21). The number of anilines is 2. The van der Waals surface area contributed by atoms with Crippen molar-refractivity contribution in [1.29, 1.82) is 0 Å². The predicted molar refractivity (Wildman–Crippen MR) is 82.3 cm³/mol. The summed E-state index contributed by atoms with van der Waals surface area (Å²) in [5, 5.41) is 6.57. The second kappa shape index (κ2) is 6.17. The lowest BCUT2D eigenvalue weighted by atomic mass is 10.3. The molecule has 0 aliphatic rings. The normalized spacial score (nSPS) is 10.7. The van der Waals surface area contributed by atoms with E-state index in [1.54, 1.807) is 6.33 Å². The molecular formula is C14H17N7. The van der Waals surface area contributed by atoms with Crippen LogP contribution < -0.4 is 10.6 Å². The summed E-state index contributed by atoms with van der Waals surface area (Å²) in [4.78, 5) is 19.7. The van der Waals surface area contributed by atoms with E-state index in [4.69, 9.17) is 0 Å². The maximum absolute atomic E-state index is 4.30. The van der Waals surface area contributed by atoms with Crippen molar-refractivity contribution in [3.8, 4) is 0 Å². The number of aryl methyl sites for hydroxylation is 1. The number of rotatable bonds is 6. The molecule has 0 radical (unpaired) electrons. The number of aromatic amines is 1. The SMILES string of the molecule is Cc1ccc(NCCCNc2ncnc3nc[nH]c23)nc1. The summed E-state index contributed by atoms with van der Waals surface area (Å²) in [6, 6.07) is 4.03. The molecule has 0 aromatic carbocycles. The summed E-state index contributed by atoms with van der Waals surface area (Å²) in [5.74, 6) is 1.68. The average molecular weight is 283 g/mol. The number of H-pyrrole nitrogens is 1. The van der Waals surface area contributed by atoms with Gasteiger partial charge < -0.3 is 15.6 Å². The van der Waals surface area contributed by atoms with Crippen LogP contribution >= 0.6 is 0 Å². The molecule has 0 saturated carbocycles. The molecule has 0 aliphatic heterocycles. The lowest BCUT2D eigenvalue weighted by molar-refractivity contribution is 0.898. The van der Waals surface area contributed by atoms with E-state index in [-0.39, 0.29) is 0 Å². The molecule has 3 aromatic rings. The molecule has 21 heavy (non-hydrogen) atoms. The third-order valence-electron chi connectivity index (χ3n) is 3.09. The summed E-state index contributed by atoms with van der Waals surface area (Å²) < 4.78 is 0. The van der Waals surface area contributed by atoms with Crippen molar-refractivity contribution in [2.24, 2.45) is 0 Å². The summed E-state index contributed by atoms with van der Waals surface area (Å²) in [6.07, 6.45) is 5.95. The molecule has 3 aromatic heterocycles. The molecule has 0 amide bonds. The van der Waals surface area contributed by atoms with Crippen molar-refractivity contribution in [2.45, 2.75) is 13.3 Å². The highest BCUT2D eigenvalue weighted by Crippen LogP contribution is 2.13. The maximum Gasteiger partial charge on any atom is 0.182 e. The van der Waals surface area contributed by atoms with Gasteiger partial charge in [0.2, 0.25) is 0 Å². The monoisotopic (exact) mass is 283 g/mol. The van der Waals surface area contributed by atoms with Gasteiger partial charge in [0.15, 0.2) is 11.5 Å². The van der Waals surface area contributed by atoms with Gasteiger partial charge in [-0.05, 0) is 25.0 Å². The zero-order chi connectivity index (χ0) is 14.5. The minimum Gasteiger partial charge on any atom is -0.370 e. The average Bonchev–Trinajstić information content (AvgIpc) is 2.98. The Morgan fingerprint density at radius 2 is 1.95 bits per heavy atom. The number of aromatic nitrogens is 5. The molecule has 0 unspecified atom stereocenters. The Morgan fingerprint density at radius 3 is 2.81 bits per heavy atom. The molecule has 7 heteroatoms. The van der Waals surface area contributed by atoms with Gasteiger partial charge in [-0.2, -0.15) is 0 Å². The first kappa shape index (κ1) is 13.3. The van der Waals surface area contributed by atoms with Gasteiger partial charge in [-0.25, -0.2) is 19.9 Å². The van der Waals surface area contributed by atoms with Gasteiger partial charge in [0.25, 0.3) is 0 Å². The number of nitrogens with one attached hydrogen (secondary N) is 3. The fourth-order valence-corrected chi connectivity index (χ4v) is 1.98. The van der Waals surface area contributed by atoms with Crippen LogP contribution in [0.15, 0.2) is 31.0 Å². The molecule has 108 valence electrons. The van der Waals surface area contributed by atoms with Crippen LogP contribution in [0.25, 0.3) is 11.2 Å². The van der Waals surface area contributed by atoms with Gasteiger partial charge in [0, 0.05) is 19.3 Å². The second-order valence-electron chi connectivity index (χ2n) is 4.75. The molecular weight excluding hydrogens is 266 g/mol. The van der Waals surface area contributed by atoms with E-state index in [1.807, 2.05) is 25.3 Å². The van der Waals surface area contributed by atoms with Crippen molar-refractivity contribution >= 4 is 22.8 Å². The number of pyridine rings is 1. The van der Waals surface area contributed by atoms with E-state index < -0.39 is 0 Å². The Balaban J connectivity index is 1.46. The van der Waals surface area contributed by atoms with Crippen LogP contribution in [-0.2, 0) is 0 Å². The topological polar surface area (TPSA) is 91.4 Å². The van der Waals surface area contributed by atoms with Gasteiger partial charge in [0.1, 0.15) is 17.7 Å². The summed E-state index contributed by atoms with van der Waals surface area (Å²) in [7, 11) is 0. The first-order valence-electron chi connectivity index (χ1n) is 6.87. The van der Waals surface area contributed by atoms with Crippen molar-refractivity contribution in [3.63, 3.8) is 0 Å². The Labute approximate surface area is 122 Å². The van der Waals surface area contributed by atoms with Crippen LogP contribution in [0.1, 0.15) is 12.0 Å². The van der Waals surface area contributed by atoms with E-state index in [1.165, 1.54) is 6.33 Å². The van der Waals surface area contributed by atoms with Gasteiger partial charge >= 0.3 is 0 Å². The van der Waals surface area contributed by atoms with Gasteiger partial charge in [0.05, 0.1) is 6.33 Å². The molecule has 0 fully saturated rings. The number of hydrogen-bond donors (Lipinski definition) is 3. The van der Waals surface area contributed by atoms with Crippen molar-refractivity contribution in [2.75, 3.05) is 23.7 Å². The highest BCUT2D eigenvalue weighted by molar-refractivity contribution is 5.81. The zero-order valence-electron chi connectivity index (χ0n) is 11.8. The van der Waals surface area contributed by atoms with E-state index in [2.05, 4.69) is 35.6 Å². The van der Waals surface area contributed by atoms with Crippen LogP contribution in [0.2, 0.25) is 0 Å². The minimum atomic E-state index is 0.675.